The molecule has 0 amide bonds. The summed E-state index contributed by atoms with van der Waals surface area (Å²) in [4.78, 5) is 0. The Labute approximate surface area is 174 Å². The molecule has 0 fully saturated rings. The summed E-state index contributed by atoms with van der Waals surface area (Å²) in [5, 5.41) is 17.0. The number of ether oxygens (including phenoxy) is 1. The normalized spacial score (nSPS) is 12.0. The molecule has 10 heteroatoms. The highest BCUT2D eigenvalue weighted by molar-refractivity contribution is 6.32. The molecule has 0 saturated heterocycles. The van der Waals surface area contributed by atoms with E-state index in [-0.39, 0.29) is 28.0 Å². The van der Waals surface area contributed by atoms with Gasteiger partial charge in [-0.15, -0.1) is 10.2 Å². The van der Waals surface area contributed by atoms with Gasteiger partial charge in [-0.3, -0.25) is 0 Å². The Bertz CT molecular complexity index is 1150. The van der Waals surface area contributed by atoms with Gasteiger partial charge in [-0.1, -0.05) is 11.6 Å². The molecule has 0 saturated carbocycles. The van der Waals surface area contributed by atoms with E-state index in [1.807, 2.05) is 6.07 Å². The Morgan fingerprint density at radius 2 is 1.80 bits per heavy atom. The molecule has 0 spiro atoms. The number of rotatable bonds is 4. The fourth-order valence-electron chi connectivity index (χ4n) is 3.01. The van der Waals surface area contributed by atoms with E-state index in [2.05, 4.69) is 10.2 Å². The molecule has 0 aliphatic rings. The summed E-state index contributed by atoms with van der Waals surface area (Å²) in [6, 6.07) is 8.78. The van der Waals surface area contributed by atoms with Crippen LogP contribution >= 0.6 is 11.6 Å². The monoisotopic (exact) mass is 438 g/mol. The van der Waals surface area contributed by atoms with E-state index in [0.717, 1.165) is 12.1 Å². The molecule has 0 aliphatic heterocycles. The zero-order valence-electron chi connectivity index (χ0n) is 16.1. The maximum atomic E-state index is 13.4. The van der Waals surface area contributed by atoms with E-state index in [4.69, 9.17) is 21.6 Å². The van der Waals surface area contributed by atoms with E-state index in [0.29, 0.717) is 11.6 Å². The van der Waals surface area contributed by atoms with E-state index in [1.165, 1.54) is 29.8 Å². The Balaban J connectivity index is 2.02. The van der Waals surface area contributed by atoms with Crippen molar-refractivity contribution in [3.05, 3.63) is 64.2 Å². The number of hydrogen-bond acceptors (Lipinski definition) is 4. The molecular weight excluding hydrogens is 424 g/mol. The summed E-state index contributed by atoms with van der Waals surface area (Å²) in [7, 11) is 1.49. The molecule has 0 radical (unpaired) electrons. The predicted octanol–water partition coefficient (Wildman–Crippen LogP) is 5.48. The van der Waals surface area contributed by atoms with Crippen molar-refractivity contribution >= 4 is 11.6 Å². The molecule has 0 unspecified atom stereocenters. The van der Waals surface area contributed by atoms with Crippen molar-refractivity contribution in [1.82, 2.24) is 14.8 Å². The van der Waals surface area contributed by atoms with Crippen LogP contribution in [0.5, 0.6) is 5.75 Å². The second-order valence-corrected chi connectivity index (χ2v) is 7.37. The third kappa shape index (κ3) is 4.09. The molecule has 3 rings (SSSR count). The van der Waals surface area contributed by atoms with Gasteiger partial charge in [0.25, 0.3) is 0 Å². The molecule has 2 aromatic carbocycles. The SMILES string of the molecule is Cn1c(-c2ccc(F)cc2C(F)(F)F)nnc1C(C)(C)Oc1ccc(C#N)cc1Cl. The van der Waals surface area contributed by atoms with Gasteiger partial charge in [-0.25, -0.2) is 4.39 Å². The maximum Gasteiger partial charge on any atom is 0.417 e. The lowest BCUT2D eigenvalue weighted by atomic mass is 10.1. The van der Waals surface area contributed by atoms with Crippen molar-refractivity contribution in [2.75, 3.05) is 0 Å². The van der Waals surface area contributed by atoms with Crippen molar-refractivity contribution in [2.24, 2.45) is 7.05 Å². The topological polar surface area (TPSA) is 63.7 Å². The van der Waals surface area contributed by atoms with Crippen LogP contribution in [-0.4, -0.2) is 14.8 Å². The van der Waals surface area contributed by atoms with Gasteiger partial charge >= 0.3 is 6.18 Å². The summed E-state index contributed by atoms with van der Waals surface area (Å²) in [6.07, 6.45) is -4.77. The van der Waals surface area contributed by atoms with Crippen molar-refractivity contribution in [1.29, 1.82) is 5.26 Å². The van der Waals surface area contributed by atoms with E-state index >= 15 is 0 Å². The third-order valence-electron chi connectivity index (χ3n) is 4.37. The maximum absolute atomic E-state index is 13.4. The molecule has 0 atom stereocenters. The average molecular weight is 439 g/mol. The molecule has 0 aliphatic carbocycles. The highest BCUT2D eigenvalue weighted by Gasteiger charge is 2.37. The largest absolute Gasteiger partial charge is 0.478 e. The molecular formula is C20H15ClF4N4O. The van der Waals surface area contributed by atoms with Crippen LogP contribution < -0.4 is 4.74 Å². The van der Waals surface area contributed by atoms with Gasteiger partial charge in [0, 0.05) is 12.6 Å². The van der Waals surface area contributed by atoms with Crippen molar-refractivity contribution in [3.8, 4) is 23.2 Å². The number of benzene rings is 2. The average Bonchev–Trinajstić information content (AvgIpc) is 3.05. The summed E-state index contributed by atoms with van der Waals surface area (Å²) in [5.41, 5.74) is -2.26. The molecule has 5 nitrogen and oxygen atoms in total. The van der Waals surface area contributed by atoms with Gasteiger partial charge in [0.05, 0.1) is 22.2 Å². The minimum Gasteiger partial charge on any atom is -0.478 e. The van der Waals surface area contributed by atoms with Gasteiger partial charge in [0.2, 0.25) is 0 Å². The molecule has 156 valence electrons. The van der Waals surface area contributed by atoms with Gasteiger partial charge in [0.1, 0.15) is 11.6 Å². The van der Waals surface area contributed by atoms with Crippen LogP contribution in [0, 0.1) is 17.1 Å². The first-order valence-electron chi connectivity index (χ1n) is 8.59. The quantitative estimate of drug-likeness (QED) is 0.506. The van der Waals surface area contributed by atoms with Gasteiger partial charge in [-0.2, -0.15) is 18.4 Å². The van der Waals surface area contributed by atoms with E-state index < -0.39 is 23.2 Å². The lowest BCUT2D eigenvalue weighted by Gasteiger charge is -2.26. The molecule has 30 heavy (non-hydrogen) atoms. The standard InChI is InChI=1S/C20H15ClF4N4O/c1-19(2,30-16-7-4-11(10-26)8-15(16)21)18-28-27-17(29(18)3)13-6-5-12(22)9-14(13)20(23,24)25/h4-9H,1-3H3. The number of nitriles is 1. The summed E-state index contributed by atoms with van der Waals surface area (Å²) in [6.45, 7) is 3.29. The lowest BCUT2D eigenvalue weighted by molar-refractivity contribution is -0.137. The van der Waals surface area contributed by atoms with Gasteiger partial charge in [-0.05, 0) is 50.2 Å². The van der Waals surface area contributed by atoms with Crippen molar-refractivity contribution < 1.29 is 22.3 Å². The summed E-state index contributed by atoms with van der Waals surface area (Å²) in [5.74, 6) is -0.620. The number of nitrogens with zero attached hydrogens (tertiary/aromatic N) is 4. The zero-order chi connectivity index (χ0) is 22.3. The minimum atomic E-state index is -4.77. The first-order chi connectivity index (χ1) is 13.9. The van der Waals surface area contributed by atoms with Gasteiger partial charge < -0.3 is 9.30 Å². The molecule has 0 N–H and O–H groups in total. The van der Waals surface area contributed by atoms with Gasteiger partial charge in [0.15, 0.2) is 17.2 Å². The highest BCUT2D eigenvalue weighted by atomic mass is 35.5. The second kappa shape index (κ2) is 7.61. The van der Waals surface area contributed by atoms with Crippen LogP contribution in [0.3, 0.4) is 0 Å². The van der Waals surface area contributed by atoms with Crippen LogP contribution in [0.4, 0.5) is 17.6 Å². The fourth-order valence-corrected chi connectivity index (χ4v) is 3.23. The Morgan fingerprint density at radius 1 is 1.10 bits per heavy atom. The molecule has 3 aromatic rings. The van der Waals surface area contributed by atoms with Crippen LogP contribution in [0.2, 0.25) is 5.02 Å². The van der Waals surface area contributed by atoms with Crippen LogP contribution in [0.1, 0.15) is 30.8 Å². The third-order valence-corrected chi connectivity index (χ3v) is 4.66. The first-order valence-corrected chi connectivity index (χ1v) is 8.97. The van der Waals surface area contributed by atoms with Crippen molar-refractivity contribution in [2.45, 2.75) is 25.6 Å². The second-order valence-electron chi connectivity index (χ2n) is 6.96. The summed E-state index contributed by atoms with van der Waals surface area (Å²) >= 11 is 6.15. The Hall–Kier alpha value is -3.12. The summed E-state index contributed by atoms with van der Waals surface area (Å²) < 4.78 is 60.9. The first kappa shape index (κ1) is 21.6. The zero-order valence-corrected chi connectivity index (χ0v) is 16.8. The van der Waals surface area contributed by atoms with Crippen molar-refractivity contribution in [3.63, 3.8) is 0 Å². The number of halogens is 5. The van der Waals surface area contributed by atoms with E-state index in [1.54, 1.807) is 13.8 Å². The number of aromatic nitrogens is 3. The molecule has 1 heterocycles. The Kier molecular flexibility index (Phi) is 5.48. The highest BCUT2D eigenvalue weighted by Crippen LogP contribution is 2.38. The smallest absolute Gasteiger partial charge is 0.417 e. The van der Waals surface area contributed by atoms with Crippen LogP contribution in [0.25, 0.3) is 11.4 Å². The number of alkyl halides is 3. The lowest BCUT2D eigenvalue weighted by Crippen LogP contribution is -2.29. The minimum absolute atomic E-state index is 0.0973. The fraction of sp³-hybridized carbons (Fsp3) is 0.250. The predicted molar refractivity (Wildman–Crippen MR) is 101 cm³/mol. The molecule has 1 aromatic heterocycles. The number of hydrogen-bond donors (Lipinski definition) is 0. The van der Waals surface area contributed by atoms with Crippen LogP contribution in [-0.2, 0) is 18.8 Å². The van der Waals surface area contributed by atoms with E-state index in [9.17, 15) is 17.6 Å². The van der Waals surface area contributed by atoms with Crippen LogP contribution in [0.15, 0.2) is 36.4 Å². The molecule has 0 bridgehead atoms. The Morgan fingerprint density at radius 3 is 2.40 bits per heavy atom.